The molecule has 1 saturated carbocycles. The summed E-state index contributed by atoms with van der Waals surface area (Å²) in [5.41, 5.74) is 4.20. The lowest BCUT2D eigenvalue weighted by Gasteiger charge is -2.54. The van der Waals surface area contributed by atoms with Gasteiger partial charge in [0.2, 0.25) is 11.8 Å². The van der Waals surface area contributed by atoms with Gasteiger partial charge in [-0.15, -0.1) is 0 Å². The van der Waals surface area contributed by atoms with E-state index < -0.39 is 28.8 Å². The van der Waals surface area contributed by atoms with Crippen LogP contribution in [0.1, 0.15) is 58.8 Å². The largest absolute Gasteiger partial charge is 0.481 e. The van der Waals surface area contributed by atoms with E-state index in [2.05, 4.69) is 5.32 Å². The fourth-order valence-electron chi connectivity index (χ4n) is 4.92. The molecule has 3 aliphatic rings. The van der Waals surface area contributed by atoms with E-state index >= 15 is 0 Å². The number of nitrogens with zero attached hydrogens (tertiary/aromatic N) is 1. The molecule has 0 radical (unpaired) electrons. The highest BCUT2D eigenvalue weighted by atomic mass is 32.2. The lowest BCUT2D eigenvalue weighted by molar-refractivity contribution is -0.208. The van der Waals surface area contributed by atoms with Crippen molar-refractivity contribution in [2.75, 3.05) is 31.7 Å². The first-order chi connectivity index (χ1) is 14.5. The molecule has 2 aliphatic heterocycles. The van der Waals surface area contributed by atoms with Crippen molar-refractivity contribution in [3.05, 3.63) is 0 Å². The highest BCUT2D eigenvalue weighted by Gasteiger charge is 2.54. The number of thioether (sulfide) groups is 1. The zero-order valence-electron chi connectivity index (χ0n) is 18.8. The predicted octanol–water partition coefficient (Wildman–Crippen LogP) is 0.729. The summed E-state index contributed by atoms with van der Waals surface area (Å²) in [5.74, 6) is -0.493. The molecular formula is C21H37N3O6S. The van der Waals surface area contributed by atoms with Gasteiger partial charge < -0.3 is 30.9 Å². The average molecular weight is 460 g/mol. The molecule has 0 aromatic heterocycles. The zero-order valence-corrected chi connectivity index (χ0v) is 19.6. The van der Waals surface area contributed by atoms with Crippen LogP contribution in [0.3, 0.4) is 0 Å². The normalized spacial score (nSPS) is 29.1. The molecule has 10 heteroatoms. The Morgan fingerprint density at radius 3 is 2.23 bits per heavy atom. The number of hydrogen-bond acceptors (Lipinski definition) is 7. The van der Waals surface area contributed by atoms with Crippen LogP contribution in [0, 0.1) is 0 Å². The van der Waals surface area contributed by atoms with E-state index in [1.807, 2.05) is 18.1 Å². The molecule has 0 aromatic rings. The van der Waals surface area contributed by atoms with Gasteiger partial charge in [0.05, 0.1) is 22.4 Å². The molecule has 9 nitrogen and oxygen atoms in total. The van der Waals surface area contributed by atoms with Crippen LogP contribution in [0.4, 0.5) is 0 Å². The first-order valence-corrected chi connectivity index (χ1v) is 12.3. The number of hydrogen-bond donors (Lipinski definition) is 4. The molecule has 0 aromatic carbocycles. The number of carboxylic acids is 1. The third kappa shape index (κ3) is 6.12. The Kier molecular flexibility index (Phi) is 8.77. The SMILES string of the molecule is CC(=O)O.CSCC(=O)N[C@]1(C)CCOC2(CCN(C(=O)C3(N)CCCC3)CC2)[C@H]1O. The van der Waals surface area contributed by atoms with Gasteiger partial charge in [0.1, 0.15) is 6.10 Å². The van der Waals surface area contributed by atoms with Gasteiger partial charge >= 0.3 is 0 Å². The van der Waals surface area contributed by atoms with Crippen molar-refractivity contribution < 1.29 is 29.3 Å². The summed E-state index contributed by atoms with van der Waals surface area (Å²) < 4.78 is 6.06. The Morgan fingerprint density at radius 2 is 1.71 bits per heavy atom. The fraction of sp³-hybridized carbons (Fsp3) is 0.857. The minimum Gasteiger partial charge on any atom is -0.481 e. The lowest BCUT2D eigenvalue weighted by atomic mass is 9.73. The number of ether oxygens (including phenoxy) is 1. The molecule has 2 saturated heterocycles. The van der Waals surface area contributed by atoms with Crippen LogP contribution in [-0.4, -0.2) is 87.4 Å². The van der Waals surface area contributed by atoms with Crippen LogP contribution in [0.2, 0.25) is 0 Å². The summed E-state index contributed by atoms with van der Waals surface area (Å²) >= 11 is 1.46. The minimum atomic E-state index is -0.833. The van der Waals surface area contributed by atoms with E-state index in [0.717, 1.165) is 32.6 Å². The fourth-order valence-corrected chi connectivity index (χ4v) is 5.25. The Hall–Kier alpha value is -1.36. The number of nitrogens with one attached hydrogen (secondary N) is 1. The Morgan fingerprint density at radius 1 is 1.16 bits per heavy atom. The standard InChI is InChI=1S/C19H33N3O4S.C2H4O2/c1-17(21-14(23)13-27-2)9-12-26-19(15(17)24)7-10-22(11-8-19)16(25)18(20)5-3-4-6-18;1-2(3)4/h15,24H,3-13,20H2,1-2H3,(H,21,23);1H3,(H,3,4)/t15-,17+;/m0./s1. The van der Waals surface area contributed by atoms with Gasteiger partial charge in [0.15, 0.2) is 0 Å². The van der Waals surface area contributed by atoms with Gasteiger partial charge in [-0.2, -0.15) is 11.8 Å². The molecular weight excluding hydrogens is 422 g/mol. The number of amides is 2. The Balaban J connectivity index is 0.000000785. The van der Waals surface area contributed by atoms with E-state index in [0.29, 0.717) is 44.7 Å². The summed E-state index contributed by atoms with van der Waals surface area (Å²) in [5, 5.41) is 21.6. The van der Waals surface area contributed by atoms with Crippen molar-refractivity contribution >= 4 is 29.5 Å². The molecule has 2 heterocycles. The topological polar surface area (TPSA) is 142 Å². The van der Waals surface area contributed by atoms with Crippen molar-refractivity contribution in [1.29, 1.82) is 0 Å². The Labute approximate surface area is 188 Å². The van der Waals surface area contributed by atoms with Crippen LogP contribution in [-0.2, 0) is 19.1 Å². The maximum Gasteiger partial charge on any atom is 0.300 e. The summed E-state index contributed by atoms with van der Waals surface area (Å²) in [6, 6.07) is 0. The van der Waals surface area contributed by atoms with Crippen molar-refractivity contribution in [3.63, 3.8) is 0 Å². The van der Waals surface area contributed by atoms with E-state index in [1.165, 1.54) is 11.8 Å². The van der Waals surface area contributed by atoms with Gasteiger partial charge in [0.25, 0.3) is 5.97 Å². The summed E-state index contributed by atoms with van der Waals surface area (Å²) in [6.45, 7) is 4.53. The Bertz CT molecular complexity index is 658. The number of aliphatic hydroxyl groups is 1. The van der Waals surface area contributed by atoms with Gasteiger partial charge in [-0.25, -0.2) is 0 Å². The van der Waals surface area contributed by atoms with Crippen LogP contribution in [0.5, 0.6) is 0 Å². The number of aliphatic carboxylic acids is 1. The molecule has 2 amide bonds. The van der Waals surface area contributed by atoms with Crippen molar-refractivity contribution in [1.82, 2.24) is 10.2 Å². The number of nitrogens with two attached hydrogens (primary N) is 1. The third-order valence-electron chi connectivity index (χ3n) is 6.63. The van der Waals surface area contributed by atoms with Gasteiger partial charge in [0, 0.05) is 26.6 Å². The van der Waals surface area contributed by atoms with E-state index in [4.69, 9.17) is 20.4 Å². The quantitative estimate of drug-likeness (QED) is 0.482. The molecule has 3 rings (SSSR count). The van der Waals surface area contributed by atoms with E-state index in [1.54, 1.807) is 0 Å². The highest BCUT2D eigenvalue weighted by Crippen LogP contribution is 2.41. The summed E-state index contributed by atoms with van der Waals surface area (Å²) in [4.78, 5) is 35.8. The number of piperidine rings is 1. The lowest BCUT2D eigenvalue weighted by Crippen LogP contribution is -2.70. The number of carbonyl (C=O) groups excluding carboxylic acids is 2. The second-order valence-corrected chi connectivity index (χ2v) is 10.0. The van der Waals surface area contributed by atoms with Crippen molar-refractivity contribution in [3.8, 4) is 0 Å². The van der Waals surface area contributed by atoms with Crippen LogP contribution in [0.15, 0.2) is 0 Å². The number of carboxylic acid groups (broad SMARTS) is 1. The molecule has 31 heavy (non-hydrogen) atoms. The first kappa shape index (κ1) is 25.9. The molecule has 0 unspecified atom stereocenters. The van der Waals surface area contributed by atoms with Gasteiger partial charge in [-0.1, -0.05) is 12.8 Å². The summed E-state index contributed by atoms with van der Waals surface area (Å²) in [6.07, 6.45) is 6.30. The maximum atomic E-state index is 12.9. The minimum absolute atomic E-state index is 0.0381. The second kappa shape index (κ2) is 10.5. The number of rotatable bonds is 4. The predicted molar refractivity (Wildman–Crippen MR) is 119 cm³/mol. The average Bonchev–Trinajstić information content (AvgIpc) is 3.14. The van der Waals surface area contributed by atoms with Crippen molar-refractivity contribution in [2.45, 2.75) is 81.6 Å². The van der Waals surface area contributed by atoms with Crippen LogP contribution in [0.25, 0.3) is 0 Å². The van der Waals surface area contributed by atoms with E-state index in [-0.39, 0.29) is 11.8 Å². The molecule has 1 spiro atoms. The maximum absolute atomic E-state index is 12.9. The molecule has 5 N–H and O–H groups in total. The molecule has 2 atom stereocenters. The first-order valence-electron chi connectivity index (χ1n) is 10.9. The zero-order chi connectivity index (χ0) is 23.3. The highest BCUT2D eigenvalue weighted by molar-refractivity contribution is 7.99. The number of carbonyl (C=O) groups is 3. The van der Waals surface area contributed by atoms with Gasteiger partial charge in [-0.05, 0) is 45.3 Å². The van der Waals surface area contributed by atoms with Crippen LogP contribution < -0.4 is 11.1 Å². The van der Waals surface area contributed by atoms with Crippen molar-refractivity contribution in [2.24, 2.45) is 5.73 Å². The van der Waals surface area contributed by atoms with E-state index in [9.17, 15) is 14.7 Å². The van der Waals surface area contributed by atoms with Crippen LogP contribution >= 0.6 is 11.8 Å². The molecule has 3 fully saturated rings. The molecule has 1 aliphatic carbocycles. The molecule has 0 bridgehead atoms. The molecule has 178 valence electrons. The third-order valence-corrected chi connectivity index (χ3v) is 7.18. The van der Waals surface area contributed by atoms with Gasteiger partial charge in [-0.3, -0.25) is 14.4 Å². The number of aliphatic hydroxyl groups excluding tert-OH is 1. The monoisotopic (exact) mass is 459 g/mol. The second-order valence-electron chi connectivity index (χ2n) is 9.14. The summed E-state index contributed by atoms with van der Waals surface area (Å²) in [7, 11) is 0. The smallest absolute Gasteiger partial charge is 0.300 e. The number of likely N-dealkylation sites (tertiary alicyclic amines) is 1.